The molecular formula is C16H19N7. The lowest BCUT2D eigenvalue weighted by molar-refractivity contribution is 1.00. The fraction of sp³-hybridized carbons (Fsp3) is 0.312. The number of imidazole rings is 1. The van der Waals surface area contributed by atoms with Crippen LogP contribution in [-0.4, -0.2) is 34.0 Å². The van der Waals surface area contributed by atoms with Gasteiger partial charge in [0.15, 0.2) is 0 Å². The number of azo groups is 1. The number of aryl methyl sites for hydroxylation is 3. The van der Waals surface area contributed by atoms with Gasteiger partial charge in [0.05, 0.1) is 11.2 Å². The van der Waals surface area contributed by atoms with Gasteiger partial charge in [-0.2, -0.15) is 0 Å². The summed E-state index contributed by atoms with van der Waals surface area (Å²) in [5.74, 6) is 1.20. The van der Waals surface area contributed by atoms with E-state index in [2.05, 4.69) is 30.2 Å². The van der Waals surface area contributed by atoms with E-state index in [9.17, 15) is 0 Å². The van der Waals surface area contributed by atoms with E-state index in [-0.39, 0.29) is 0 Å². The average molecular weight is 309 g/mol. The van der Waals surface area contributed by atoms with E-state index in [4.69, 9.17) is 0 Å². The minimum Gasteiger partial charge on any atom is -0.376 e. The van der Waals surface area contributed by atoms with Crippen molar-refractivity contribution in [1.29, 1.82) is 0 Å². The van der Waals surface area contributed by atoms with Gasteiger partial charge in [-0.25, -0.2) is 15.0 Å². The lowest BCUT2D eigenvalue weighted by Gasteiger charge is -2.13. The van der Waals surface area contributed by atoms with Gasteiger partial charge in [0.2, 0.25) is 0 Å². The third-order valence-corrected chi connectivity index (χ3v) is 3.42. The lowest BCUT2D eigenvalue weighted by atomic mass is 10.2. The summed E-state index contributed by atoms with van der Waals surface area (Å²) in [7, 11) is 3.99. The highest BCUT2D eigenvalue weighted by atomic mass is 15.2. The van der Waals surface area contributed by atoms with Crippen molar-refractivity contribution in [1.82, 2.24) is 19.9 Å². The van der Waals surface area contributed by atoms with Gasteiger partial charge < -0.3 is 9.88 Å². The molecule has 0 aliphatic carbocycles. The number of aromatic nitrogens is 4. The number of fused-ring (bicyclic) bond motifs is 1. The molecule has 118 valence electrons. The maximum Gasteiger partial charge on any atom is 0.269 e. The van der Waals surface area contributed by atoms with Crippen LogP contribution in [0.3, 0.4) is 0 Å². The first-order valence-electron chi connectivity index (χ1n) is 7.34. The Hall–Kier alpha value is -2.83. The molecule has 0 atom stereocenters. The fourth-order valence-corrected chi connectivity index (χ4v) is 2.49. The van der Waals surface area contributed by atoms with Crippen LogP contribution in [-0.2, 0) is 0 Å². The highest BCUT2D eigenvalue weighted by Gasteiger charge is 2.11. The van der Waals surface area contributed by atoms with Gasteiger partial charge in [-0.1, -0.05) is 0 Å². The molecule has 1 N–H and O–H groups in total. The third kappa shape index (κ3) is 3.03. The highest BCUT2D eigenvalue weighted by Crippen LogP contribution is 2.32. The summed E-state index contributed by atoms with van der Waals surface area (Å²) in [6.07, 6.45) is 0. The van der Waals surface area contributed by atoms with Gasteiger partial charge in [0, 0.05) is 25.5 Å². The van der Waals surface area contributed by atoms with Gasteiger partial charge in [-0.3, -0.25) is 0 Å². The molecule has 0 amide bonds. The molecule has 0 unspecified atom stereocenters. The minimum atomic E-state index is 0.361. The molecule has 3 rings (SSSR count). The highest BCUT2D eigenvalue weighted by molar-refractivity contribution is 5.96. The molecule has 2 aromatic heterocycles. The molecule has 0 spiro atoms. The maximum absolute atomic E-state index is 4.53. The smallest absolute Gasteiger partial charge is 0.269 e. The Labute approximate surface area is 134 Å². The largest absolute Gasteiger partial charge is 0.376 e. The molecule has 23 heavy (non-hydrogen) atoms. The number of nitrogens with one attached hydrogen (secondary N) is 1. The van der Waals surface area contributed by atoms with Gasteiger partial charge in [-0.15, -0.1) is 10.2 Å². The molecule has 7 heteroatoms. The number of rotatable bonds is 3. The molecule has 0 saturated heterocycles. The number of benzene rings is 1. The second-order valence-corrected chi connectivity index (χ2v) is 5.69. The number of hydrogen-bond donors (Lipinski definition) is 1. The van der Waals surface area contributed by atoms with Crippen LogP contribution in [0.1, 0.15) is 17.2 Å². The van der Waals surface area contributed by atoms with Crippen molar-refractivity contribution in [2.75, 3.05) is 19.0 Å². The zero-order valence-corrected chi connectivity index (χ0v) is 13.9. The SMILES string of the molecule is Cc1cc(C)nc(N=Nc2ccc(N(C)C)c3[nH]c(C)nc23)n1. The zero-order valence-electron chi connectivity index (χ0n) is 13.9. The second kappa shape index (κ2) is 5.75. The molecule has 7 nitrogen and oxygen atoms in total. The Morgan fingerprint density at radius 3 is 2.30 bits per heavy atom. The van der Waals surface area contributed by atoms with Crippen LogP contribution < -0.4 is 4.90 Å². The molecule has 0 fully saturated rings. The minimum absolute atomic E-state index is 0.361. The predicted octanol–water partition coefficient (Wildman–Crippen LogP) is 3.76. The Bertz CT molecular complexity index is 873. The first-order valence-corrected chi connectivity index (χ1v) is 7.34. The Balaban J connectivity index is 2.06. The van der Waals surface area contributed by atoms with Crippen LogP contribution in [0.4, 0.5) is 17.3 Å². The number of aromatic amines is 1. The van der Waals surface area contributed by atoms with Crippen LogP contribution in [0.5, 0.6) is 0 Å². The van der Waals surface area contributed by atoms with Crippen molar-refractivity contribution >= 4 is 28.4 Å². The van der Waals surface area contributed by atoms with Gasteiger partial charge in [0.25, 0.3) is 5.95 Å². The van der Waals surface area contributed by atoms with Crippen LogP contribution in [0.15, 0.2) is 28.4 Å². The summed E-state index contributed by atoms with van der Waals surface area (Å²) in [5.41, 5.74) is 5.23. The van der Waals surface area contributed by atoms with Crippen molar-refractivity contribution in [3.63, 3.8) is 0 Å². The summed E-state index contributed by atoms with van der Waals surface area (Å²) in [6, 6.07) is 5.81. The first kappa shape index (κ1) is 15.1. The first-order chi connectivity index (χ1) is 10.9. The summed E-state index contributed by atoms with van der Waals surface area (Å²) < 4.78 is 0. The second-order valence-electron chi connectivity index (χ2n) is 5.69. The molecule has 3 aromatic rings. The molecule has 2 heterocycles. The Morgan fingerprint density at radius 1 is 0.957 bits per heavy atom. The monoisotopic (exact) mass is 309 g/mol. The fourth-order valence-electron chi connectivity index (χ4n) is 2.49. The van der Waals surface area contributed by atoms with E-state index in [1.54, 1.807) is 0 Å². The van der Waals surface area contributed by atoms with Gasteiger partial charge >= 0.3 is 0 Å². The number of anilines is 1. The van der Waals surface area contributed by atoms with Crippen molar-refractivity contribution < 1.29 is 0 Å². The molecular weight excluding hydrogens is 290 g/mol. The lowest BCUT2D eigenvalue weighted by Crippen LogP contribution is -2.08. The zero-order chi connectivity index (χ0) is 16.6. The van der Waals surface area contributed by atoms with E-state index < -0.39 is 0 Å². The van der Waals surface area contributed by atoms with Crippen LogP contribution in [0.25, 0.3) is 11.0 Å². The normalized spacial score (nSPS) is 11.5. The Morgan fingerprint density at radius 2 is 1.65 bits per heavy atom. The third-order valence-electron chi connectivity index (χ3n) is 3.42. The number of H-pyrrole nitrogens is 1. The molecule has 0 aliphatic rings. The number of nitrogens with zero attached hydrogens (tertiary/aromatic N) is 6. The summed E-state index contributed by atoms with van der Waals surface area (Å²) in [4.78, 5) is 18.4. The molecule has 0 aliphatic heterocycles. The van der Waals surface area contributed by atoms with E-state index in [0.717, 1.165) is 33.9 Å². The molecule has 0 radical (unpaired) electrons. The maximum atomic E-state index is 4.53. The summed E-state index contributed by atoms with van der Waals surface area (Å²) in [5, 5.41) is 8.47. The van der Waals surface area contributed by atoms with E-state index >= 15 is 0 Å². The van der Waals surface area contributed by atoms with E-state index in [1.165, 1.54) is 0 Å². The molecule has 0 bridgehead atoms. The number of hydrogen-bond acceptors (Lipinski definition) is 6. The van der Waals surface area contributed by atoms with Crippen LogP contribution in [0, 0.1) is 20.8 Å². The van der Waals surface area contributed by atoms with Crippen molar-refractivity contribution in [2.45, 2.75) is 20.8 Å². The molecule has 1 aromatic carbocycles. The van der Waals surface area contributed by atoms with Crippen LogP contribution in [0.2, 0.25) is 0 Å². The summed E-state index contributed by atoms with van der Waals surface area (Å²) in [6.45, 7) is 5.75. The quantitative estimate of drug-likeness (QED) is 0.747. The van der Waals surface area contributed by atoms with Crippen molar-refractivity contribution in [3.05, 3.63) is 35.4 Å². The van der Waals surface area contributed by atoms with E-state index in [1.807, 2.05) is 58.0 Å². The average Bonchev–Trinajstić information content (AvgIpc) is 2.84. The van der Waals surface area contributed by atoms with Crippen molar-refractivity contribution in [3.8, 4) is 0 Å². The standard InChI is InChI=1S/C16H19N7/c1-9-8-10(2)18-16(17-9)22-21-12-6-7-13(23(4)5)15-14(12)19-11(3)20-15/h6-8H,1-5H3,(H,19,20). The molecule has 0 saturated carbocycles. The topological polar surface area (TPSA) is 82.4 Å². The van der Waals surface area contributed by atoms with Crippen molar-refractivity contribution in [2.24, 2.45) is 10.2 Å². The van der Waals surface area contributed by atoms with Gasteiger partial charge in [0.1, 0.15) is 17.0 Å². The van der Waals surface area contributed by atoms with Crippen LogP contribution >= 0.6 is 0 Å². The van der Waals surface area contributed by atoms with E-state index in [0.29, 0.717) is 11.6 Å². The predicted molar refractivity (Wildman–Crippen MR) is 90.8 cm³/mol. The van der Waals surface area contributed by atoms with Gasteiger partial charge in [-0.05, 0) is 39.0 Å². The Kier molecular flexibility index (Phi) is 3.77. The summed E-state index contributed by atoms with van der Waals surface area (Å²) >= 11 is 0.